The first kappa shape index (κ1) is 26.8. The van der Waals surface area contributed by atoms with Crippen LogP contribution in [0, 0.1) is 0 Å². The molecule has 2 aromatic rings. The summed E-state index contributed by atoms with van der Waals surface area (Å²) in [7, 11) is 6.33. The minimum absolute atomic E-state index is 0.0415. The van der Waals surface area contributed by atoms with Crippen molar-refractivity contribution < 1.29 is 9.59 Å². The highest BCUT2D eigenvalue weighted by Gasteiger charge is 2.45. The van der Waals surface area contributed by atoms with Gasteiger partial charge >= 0.3 is 0 Å². The molecule has 0 bridgehead atoms. The van der Waals surface area contributed by atoms with Gasteiger partial charge in [-0.15, -0.1) is 0 Å². The van der Waals surface area contributed by atoms with E-state index in [1.807, 2.05) is 24.3 Å². The predicted octanol–water partition coefficient (Wildman–Crippen LogP) is 1.04. The Kier molecular flexibility index (Phi) is 8.29. The van der Waals surface area contributed by atoms with Gasteiger partial charge in [0.25, 0.3) is 0 Å². The van der Waals surface area contributed by atoms with Gasteiger partial charge in [0.15, 0.2) is 0 Å². The largest absolute Gasteiger partial charge is 0.370 e. The molecule has 2 aliphatic rings. The Morgan fingerprint density at radius 3 is 2.19 bits per heavy atom. The van der Waals surface area contributed by atoms with Gasteiger partial charge in [0, 0.05) is 45.3 Å². The van der Waals surface area contributed by atoms with E-state index in [0.29, 0.717) is 12.5 Å². The number of aromatic nitrogens is 2. The van der Waals surface area contributed by atoms with Crippen molar-refractivity contribution in [1.29, 1.82) is 0 Å². The van der Waals surface area contributed by atoms with Crippen LogP contribution < -0.4 is 20.9 Å². The van der Waals surface area contributed by atoms with Gasteiger partial charge in [-0.25, -0.2) is 9.97 Å². The molecule has 1 saturated carbocycles. The molecule has 4 rings (SSSR count). The highest BCUT2D eigenvalue weighted by Crippen LogP contribution is 2.44. The highest BCUT2D eigenvalue weighted by atomic mass is 16.1. The molecule has 37 heavy (non-hydrogen) atoms. The van der Waals surface area contributed by atoms with E-state index in [2.05, 4.69) is 74.4 Å². The van der Waals surface area contributed by atoms with Crippen LogP contribution in [0.25, 0.3) is 0 Å². The van der Waals surface area contributed by atoms with Gasteiger partial charge in [0.05, 0.1) is 30.2 Å². The van der Waals surface area contributed by atoms with Crippen molar-refractivity contribution in [3.05, 3.63) is 48.3 Å². The first-order valence-electron chi connectivity index (χ1n) is 13.0. The maximum atomic E-state index is 11.7. The van der Waals surface area contributed by atoms with Crippen LogP contribution in [-0.4, -0.2) is 98.0 Å². The van der Waals surface area contributed by atoms with Gasteiger partial charge in [-0.2, -0.15) is 0 Å². The number of nitrogens with one attached hydrogen (secondary N) is 1. The molecule has 10 nitrogen and oxygen atoms in total. The van der Waals surface area contributed by atoms with Crippen LogP contribution >= 0.6 is 0 Å². The predicted molar refractivity (Wildman–Crippen MR) is 145 cm³/mol. The SMILES string of the molecule is CN(CC1(NC=O)CCC(c2ccccc2)(N(C)C)CC1)c1cnc(N2CCN(CC(N)=O)CC2)nc1. The number of nitrogens with two attached hydrogens (primary N) is 1. The summed E-state index contributed by atoms with van der Waals surface area (Å²) in [6, 6.07) is 10.7. The number of benzene rings is 1. The van der Waals surface area contributed by atoms with Crippen LogP contribution in [0.15, 0.2) is 42.7 Å². The third-order valence-electron chi connectivity index (χ3n) is 8.21. The van der Waals surface area contributed by atoms with Gasteiger partial charge in [0.2, 0.25) is 18.3 Å². The van der Waals surface area contributed by atoms with E-state index >= 15 is 0 Å². The van der Waals surface area contributed by atoms with E-state index < -0.39 is 0 Å². The summed E-state index contributed by atoms with van der Waals surface area (Å²) < 4.78 is 0. The van der Waals surface area contributed by atoms with Crippen molar-refractivity contribution in [3.63, 3.8) is 0 Å². The van der Waals surface area contributed by atoms with Crippen molar-refractivity contribution in [2.45, 2.75) is 36.8 Å². The fraction of sp³-hybridized carbons (Fsp3) is 0.556. The Morgan fingerprint density at radius 2 is 1.65 bits per heavy atom. The fourth-order valence-electron chi connectivity index (χ4n) is 5.90. The molecule has 2 fully saturated rings. The van der Waals surface area contributed by atoms with Crippen LogP contribution in [0.5, 0.6) is 0 Å². The number of nitrogens with zero attached hydrogens (tertiary/aromatic N) is 6. The average molecular weight is 509 g/mol. The number of amides is 2. The second-order valence-corrected chi connectivity index (χ2v) is 10.7. The van der Waals surface area contributed by atoms with E-state index in [1.54, 1.807) is 0 Å². The summed E-state index contributed by atoms with van der Waals surface area (Å²) in [5.74, 6) is 0.386. The lowest BCUT2D eigenvalue weighted by Gasteiger charge is -2.50. The zero-order chi connectivity index (χ0) is 26.5. The number of anilines is 2. The van der Waals surface area contributed by atoms with E-state index in [9.17, 15) is 9.59 Å². The minimum atomic E-state index is -0.319. The van der Waals surface area contributed by atoms with Crippen molar-refractivity contribution in [3.8, 4) is 0 Å². The summed E-state index contributed by atoms with van der Waals surface area (Å²) in [5, 5.41) is 3.18. The summed E-state index contributed by atoms with van der Waals surface area (Å²) in [5.41, 5.74) is 7.19. The monoisotopic (exact) mass is 508 g/mol. The van der Waals surface area contributed by atoms with Crippen molar-refractivity contribution >= 4 is 24.0 Å². The molecule has 1 aromatic heterocycles. The van der Waals surface area contributed by atoms with Crippen LogP contribution in [-0.2, 0) is 15.1 Å². The number of rotatable bonds is 10. The van der Waals surface area contributed by atoms with Crippen LogP contribution in [0.1, 0.15) is 31.2 Å². The number of likely N-dealkylation sites (N-methyl/N-ethyl adjacent to an activating group) is 1. The van der Waals surface area contributed by atoms with Crippen LogP contribution in [0.4, 0.5) is 11.6 Å². The lowest BCUT2D eigenvalue weighted by molar-refractivity contribution is -0.119. The molecule has 0 atom stereocenters. The molecule has 2 heterocycles. The smallest absolute Gasteiger partial charge is 0.231 e. The molecule has 10 heteroatoms. The summed E-state index contributed by atoms with van der Waals surface area (Å²) >= 11 is 0. The topological polar surface area (TPSA) is 111 Å². The molecule has 200 valence electrons. The summed E-state index contributed by atoms with van der Waals surface area (Å²) in [6.07, 6.45) is 8.20. The van der Waals surface area contributed by atoms with E-state index in [0.717, 1.165) is 64.0 Å². The number of carbonyl (C=O) groups is 2. The number of primary amides is 1. The average Bonchev–Trinajstić information content (AvgIpc) is 2.90. The van der Waals surface area contributed by atoms with Crippen LogP contribution in [0.2, 0.25) is 0 Å². The summed E-state index contributed by atoms with van der Waals surface area (Å²) in [6.45, 7) is 3.98. The molecule has 1 aromatic carbocycles. The van der Waals surface area contributed by atoms with Crippen molar-refractivity contribution in [2.75, 3.05) is 70.2 Å². The maximum absolute atomic E-state index is 11.7. The Hall–Kier alpha value is -3.24. The molecular formula is C27H40N8O2. The van der Waals surface area contributed by atoms with Crippen LogP contribution in [0.3, 0.4) is 0 Å². The number of carbonyl (C=O) groups excluding carboxylic acids is 2. The number of hydrogen-bond donors (Lipinski definition) is 2. The molecule has 0 unspecified atom stereocenters. The second kappa shape index (κ2) is 11.4. The van der Waals surface area contributed by atoms with E-state index in [-0.39, 0.29) is 23.5 Å². The van der Waals surface area contributed by atoms with Gasteiger partial charge < -0.3 is 20.9 Å². The first-order valence-corrected chi connectivity index (χ1v) is 13.0. The Balaban J connectivity index is 1.40. The molecule has 0 spiro atoms. The quantitative estimate of drug-likeness (QED) is 0.458. The Labute approximate surface area is 219 Å². The molecule has 0 radical (unpaired) electrons. The Bertz CT molecular complexity index is 1030. The zero-order valence-corrected chi connectivity index (χ0v) is 22.3. The maximum Gasteiger partial charge on any atom is 0.231 e. The molecule has 1 aliphatic heterocycles. The lowest BCUT2D eigenvalue weighted by atomic mass is 9.68. The Morgan fingerprint density at radius 1 is 1.03 bits per heavy atom. The number of hydrogen-bond acceptors (Lipinski definition) is 8. The third-order valence-corrected chi connectivity index (χ3v) is 8.21. The van der Waals surface area contributed by atoms with Crippen molar-refractivity contribution in [2.24, 2.45) is 5.73 Å². The van der Waals surface area contributed by atoms with Gasteiger partial charge in [-0.05, 0) is 45.3 Å². The van der Waals surface area contributed by atoms with E-state index in [4.69, 9.17) is 5.73 Å². The van der Waals surface area contributed by atoms with Gasteiger partial charge in [-0.1, -0.05) is 30.3 Å². The molecule has 1 aliphatic carbocycles. The van der Waals surface area contributed by atoms with Gasteiger partial charge in [0.1, 0.15) is 0 Å². The fourth-order valence-corrected chi connectivity index (χ4v) is 5.90. The normalized spacial score (nSPS) is 24.6. The van der Waals surface area contributed by atoms with E-state index in [1.165, 1.54) is 5.56 Å². The van der Waals surface area contributed by atoms with Gasteiger partial charge in [-0.3, -0.25) is 19.4 Å². The molecule has 3 N–H and O–H groups in total. The molecular weight excluding hydrogens is 468 g/mol. The molecule has 2 amide bonds. The number of piperazine rings is 1. The third kappa shape index (κ3) is 6.02. The minimum Gasteiger partial charge on any atom is -0.370 e. The van der Waals surface area contributed by atoms with Crippen molar-refractivity contribution in [1.82, 2.24) is 25.1 Å². The molecule has 1 saturated heterocycles. The highest BCUT2D eigenvalue weighted by molar-refractivity contribution is 5.75. The second-order valence-electron chi connectivity index (χ2n) is 10.7. The summed E-state index contributed by atoms with van der Waals surface area (Å²) in [4.78, 5) is 40.7. The zero-order valence-electron chi connectivity index (χ0n) is 22.3. The lowest BCUT2D eigenvalue weighted by Crippen LogP contribution is -2.58. The standard InChI is InChI=1S/C27H40N8O2/c1-32(2)27(22-7-5-4-6-8-22)11-9-26(10-12-27,31-21-36)20-33(3)23-17-29-25(30-18-23)35-15-13-34(14-16-35)19-24(28)37/h4-8,17-18,21H,9-16,19-20H2,1-3H3,(H2,28,37)(H,31,36). The first-order chi connectivity index (χ1) is 17.8.